The minimum Gasteiger partial charge on any atom is -0.394 e. The van der Waals surface area contributed by atoms with E-state index >= 15 is 0 Å². The molecule has 3 heterocycles. The molecule has 66 heavy (non-hydrogen) atoms. The quantitative estimate of drug-likeness (QED) is 0.100. The smallest absolute Gasteiger partial charge is 0.187 e. The Labute approximate surface area is 388 Å². The summed E-state index contributed by atoms with van der Waals surface area (Å²) in [5, 5.41) is 126. The van der Waals surface area contributed by atoms with Gasteiger partial charge in [-0.3, -0.25) is 0 Å². The van der Waals surface area contributed by atoms with E-state index in [1.54, 1.807) is 0 Å². The average molecular weight is 945 g/mol. The van der Waals surface area contributed by atoms with E-state index < -0.39 is 123 Å². The molecule has 24 atom stereocenters. The van der Waals surface area contributed by atoms with Gasteiger partial charge in [0.05, 0.1) is 38.6 Å². The molecule has 18 heteroatoms. The molecule has 7 aliphatic rings. The summed E-state index contributed by atoms with van der Waals surface area (Å²) < 4.78 is 35.3. The van der Waals surface area contributed by atoms with E-state index in [1.165, 1.54) is 5.57 Å². The van der Waals surface area contributed by atoms with E-state index in [0.29, 0.717) is 24.7 Å². The van der Waals surface area contributed by atoms with Crippen molar-refractivity contribution < 1.29 is 89.7 Å². The number of ether oxygens (including phenoxy) is 6. The number of hydrogen-bond donors (Lipinski definition) is 12. The van der Waals surface area contributed by atoms with Gasteiger partial charge in [0.2, 0.25) is 0 Å². The van der Waals surface area contributed by atoms with Gasteiger partial charge in [-0.15, -0.1) is 0 Å². The average Bonchev–Trinajstić information content (AvgIpc) is 3.55. The van der Waals surface area contributed by atoms with Gasteiger partial charge in [0.25, 0.3) is 0 Å². The van der Waals surface area contributed by atoms with E-state index in [0.717, 1.165) is 44.1 Å². The molecule has 0 spiro atoms. The summed E-state index contributed by atoms with van der Waals surface area (Å²) in [7, 11) is 0. The van der Waals surface area contributed by atoms with Gasteiger partial charge in [-0.2, -0.15) is 0 Å². The largest absolute Gasteiger partial charge is 0.394 e. The van der Waals surface area contributed by atoms with Crippen LogP contribution in [0.1, 0.15) is 99.8 Å². The molecule has 4 aliphatic carbocycles. The SMILES string of the molecule is C/C(=C\CCC(C)C1CCC2(C)C3CC=C4C(CCC(OC5OC(CO)C(O)C(O)C5O)C4(C)C)C3(C)C(O)CC12C)COC1OC(CO)C(O)C(O)C1OC1OC(CO)C(O)C(O)C1O. The standard InChI is InChI=1S/C48H80O18/c1-22(21-61-44-41(38(58)35(55)29(20-51)64-44)66-43-40(60)37(57)34(54)28(19-50)63-43)9-8-10-23(2)24-15-16-46(5)30-13-11-25-26(48(30,7)31(52)17-47(24,46)6)12-14-32(45(25,3)4)65-42-39(59)36(56)33(53)27(18-49)62-42/h9,11,23-24,26-44,49-60H,8,10,12-21H2,1-7H3/b22-9+. The lowest BCUT2D eigenvalue weighted by Gasteiger charge is -2.67. The third-order valence-electron chi connectivity index (χ3n) is 18.3. The van der Waals surface area contributed by atoms with Gasteiger partial charge >= 0.3 is 0 Å². The van der Waals surface area contributed by atoms with Crippen LogP contribution in [0.15, 0.2) is 23.3 Å². The van der Waals surface area contributed by atoms with Crippen LogP contribution in [0.2, 0.25) is 0 Å². The Morgan fingerprint density at radius 2 is 1.24 bits per heavy atom. The Bertz CT molecular complexity index is 1710. The summed E-state index contributed by atoms with van der Waals surface area (Å²) >= 11 is 0. The third-order valence-corrected chi connectivity index (χ3v) is 18.3. The zero-order chi connectivity index (χ0) is 48.4. The zero-order valence-electron chi connectivity index (χ0n) is 39.6. The normalized spacial score (nSPS) is 51.1. The monoisotopic (exact) mass is 945 g/mol. The first-order chi connectivity index (χ1) is 31.0. The lowest BCUT2D eigenvalue weighted by molar-refractivity contribution is -0.366. The Morgan fingerprint density at radius 1 is 0.697 bits per heavy atom. The lowest BCUT2D eigenvalue weighted by atomic mass is 9.38. The van der Waals surface area contributed by atoms with Crippen LogP contribution in [0, 0.1) is 45.3 Å². The molecule has 0 amide bonds. The molecule has 3 saturated heterocycles. The molecule has 7 rings (SSSR count). The third kappa shape index (κ3) is 8.93. The van der Waals surface area contributed by atoms with Crippen molar-refractivity contribution >= 4 is 0 Å². The first-order valence-electron chi connectivity index (χ1n) is 24.2. The maximum atomic E-state index is 12.5. The van der Waals surface area contributed by atoms with Crippen molar-refractivity contribution in [1.82, 2.24) is 0 Å². The highest BCUT2D eigenvalue weighted by Crippen LogP contribution is 2.75. The van der Waals surface area contributed by atoms with E-state index in [1.807, 2.05) is 6.92 Å². The molecule has 12 N–H and O–H groups in total. The molecular formula is C48H80O18. The number of aliphatic hydroxyl groups is 12. The first-order valence-corrected chi connectivity index (χ1v) is 24.2. The number of hydrogen-bond acceptors (Lipinski definition) is 18. The number of allylic oxidation sites excluding steroid dienone is 2. The van der Waals surface area contributed by atoms with Crippen LogP contribution in [0.25, 0.3) is 0 Å². The predicted octanol–water partition coefficient (Wildman–Crippen LogP) is -0.249. The van der Waals surface area contributed by atoms with Crippen LogP contribution in [0.3, 0.4) is 0 Å². The molecule has 24 unspecified atom stereocenters. The molecule has 18 nitrogen and oxygen atoms in total. The summed E-state index contributed by atoms with van der Waals surface area (Å²) in [6, 6.07) is 0. The second-order valence-electron chi connectivity index (χ2n) is 22.1. The Morgan fingerprint density at radius 3 is 1.82 bits per heavy atom. The van der Waals surface area contributed by atoms with Crippen molar-refractivity contribution in [2.45, 2.75) is 204 Å². The fraction of sp³-hybridized carbons (Fsp3) is 0.917. The predicted molar refractivity (Wildman–Crippen MR) is 234 cm³/mol. The molecule has 6 fully saturated rings. The van der Waals surface area contributed by atoms with Crippen molar-refractivity contribution in [3.8, 4) is 0 Å². The molecule has 0 aromatic heterocycles. The van der Waals surface area contributed by atoms with Crippen LogP contribution in [0.4, 0.5) is 0 Å². The second kappa shape index (κ2) is 20.1. The summed E-state index contributed by atoms with van der Waals surface area (Å²) in [4.78, 5) is 0. The highest BCUT2D eigenvalue weighted by atomic mass is 16.8. The van der Waals surface area contributed by atoms with Crippen molar-refractivity contribution in [1.29, 1.82) is 0 Å². The van der Waals surface area contributed by atoms with Crippen LogP contribution in [0.5, 0.6) is 0 Å². The maximum absolute atomic E-state index is 12.5. The summed E-state index contributed by atoms with van der Waals surface area (Å²) in [6.45, 7) is 13.8. The fourth-order valence-corrected chi connectivity index (χ4v) is 14.0. The van der Waals surface area contributed by atoms with E-state index in [9.17, 15) is 61.3 Å². The fourth-order valence-electron chi connectivity index (χ4n) is 14.0. The highest BCUT2D eigenvalue weighted by Gasteiger charge is 2.70. The van der Waals surface area contributed by atoms with Crippen molar-refractivity contribution in [2.24, 2.45) is 45.3 Å². The van der Waals surface area contributed by atoms with Crippen molar-refractivity contribution in [2.75, 3.05) is 26.4 Å². The number of rotatable bonds is 14. The Hall–Kier alpha value is -1.24. The topological polar surface area (TPSA) is 298 Å². The van der Waals surface area contributed by atoms with Gasteiger partial charge in [0, 0.05) is 10.8 Å². The molecule has 0 aromatic carbocycles. The molecule has 0 bridgehead atoms. The molecule has 0 aromatic rings. The van der Waals surface area contributed by atoms with Crippen LogP contribution >= 0.6 is 0 Å². The van der Waals surface area contributed by atoms with Crippen LogP contribution in [-0.4, -0.2) is 192 Å². The van der Waals surface area contributed by atoms with E-state index in [4.69, 9.17) is 28.4 Å². The summed E-state index contributed by atoms with van der Waals surface area (Å²) in [6.07, 6.45) is -11.8. The van der Waals surface area contributed by atoms with Gasteiger partial charge in [-0.25, -0.2) is 0 Å². The van der Waals surface area contributed by atoms with Crippen molar-refractivity contribution in [3.05, 3.63) is 23.3 Å². The van der Waals surface area contributed by atoms with Gasteiger partial charge in [-0.1, -0.05) is 64.8 Å². The van der Waals surface area contributed by atoms with Crippen molar-refractivity contribution in [3.63, 3.8) is 0 Å². The molecule has 3 saturated carbocycles. The molecule has 3 aliphatic heterocycles. The van der Waals surface area contributed by atoms with Gasteiger partial charge in [-0.05, 0) is 92.8 Å². The van der Waals surface area contributed by atoms with Gasteiger partial charge in [0.15, 0.2) is 18.9 Å². The second-order valence-corrected chi connectivity index (χ2v) is 22.1. The molecule has 380 valence electrons. The number of aliphatic hydroxyl groups excluding tert-OH is 12. The molecular weight excluding hydrogens is 865 g/mol. The van der Waals surface area contributed by atoms with Gasteiger partial charge < -0.3 is 89.7 Å². The first kappa shape index (κ1) is 52.6. The number of fused-ring (bicyclic) bond motifs is 5. The van der Waals surface area contributed by atoms with E-state index in [-0.39, 0.29) is 40.8 Å². The van der Waals surface area contributed by atoms with Crippen LogP contribution in [-0.2, 0) is 28.4 Å². The maximum Gasteiger partial charge on any atom is 0.187 e. The molecule has 0 radical (unpaired) electrons. The Kier molecular flexibility index (Phi) is 16.0. The van der Waals surface area contributed by atoms with Gasteiger partial charge in [0.1, 0.15) is 73.2 Å². The minimum atomic E-state index is -1.77. The summed E-state index contributed by atoms with van der Waals surface area (Å²) in [5.74, 6) is 1.06. The van der Waals surface area contributed by atoms with E-state index in [2.05, 4.69) is 53.7 Å². The van der Waals surface area contributed by atoms with Crippen LogP contribution < -0.4 is 0 Å². The highest BCUT2D eigenvalue weighted by molar-refractivity contribution is 5.32. The zero-order valence-corrected chi connectivity index (χ0v) is 39.6. The lowest BCUT2D eigenvalue weighted by Crippen LogP contribution is -2.65. The Balaban J connectivity index is 0.984. The summed E-state index contributed by atoms with van der Waals surface area (Å²) in [5.41, 5.74) is 1.06. The minimum absolute atomic E-state index is 0.0336.